The van der Waals surface area contributed by atoms with Gasteiger partial charge in [0.1, 0.15) is 30.1 Å². The summed E-state index contributed by atoms with van der Waals surface area (Å²) in [6, 6.07) is 18.9. The molecular formula is C23H14Cl2FN3O. The fourth-order valence-electron chi connectivity index (χ4n) is 2.89. The molecule has 1 aromatic heterocycles. The van der Waals surface area contributed by atoms with Crippen molar-refractivity contribution in [3.8, 4) is 11.8 Å². The Labute approximate surface area is 182 Å². The van der Waals surface area contributed by atoms with Gasteiger partial charge in [0.05, 0.1) is 16.6 Å². The predicted molar refractivity (Wildman–Crippen MR) is 117 cm³/mol. The molecule has 0 fully saturated rings. The van der Waals surface area contributed by atoms with E-state index in [9.17, 15) is 9.65 Å². The van der Waals surface area contributed by atoms with Crippen molar-refractivity contribution in [2.45, 2.75) is 6.61 Å². The summed E-state index contributed by atoms with van der Waals surface area (Å²) >= 11 is 12.1. The van der Waals surface area contributed by atoms with Gasteiger partial charge in [-0.15, -0.1) is 0 Å². The Morgan fingerprint density at radius 2 is 1.90 bits per heavy atom. The Hall–Kier alpha value is -3.33. The van der Waals surface area contributed by atoms with Crippen LogP contribution in [-0.4, -0.2) is 9.97 Å². The number of H-pyrrole nitrogens is 1. The number of nitrogens with one attached hydrogen (secondary N) is 1. The molecule has 1 N–H and O–H groups in total. The molecule has 3 aromatic carbocycles. The molecule has 0 bridgehead atoms. The van der Waals surface area contributed by atoms with Crippen LogP contribution in [0.4, 0.5) is 4.39 Å². The van der Waals surface area contributed by atoms with Crippen LogP contribution in [0.3, 0.4) is 0 Å². The number of imidazole rings is 1. The van der Waals surface area contributed by atoms with Crippen LogP contribution in [0.2, 0.25) is 10.0 Å². The van der Waals surface area contributed by atoms with Gasteiger partial charge in [-0.05, 0) is 54.1 Å². The van der Waals surface area contributed by atoms with E-state index >= 15 is 0 Å². The molecular weight excluding hydrogens is 424 g/mol. The molecule has 0 atom stereocenters. The fourth-order valence-corrected chi connectivity index (χ4v) is 3.35. The largest absolute Gasteiger partial charge is 0.489 e. The summed E-state index contributed by atoms with van der Waals surface area (Å²) in [6.07, 6.45) is 1.70. The van der Waals surface area contributed by atoms with E-state index in [0.29, 0.717) is 44.8 Å². The highest BCUT2D eigenvalue weighted by atomic mass is 35.5. The van der Waals surface area contributed by atoms with E-state index in [0.717, 1.165) is 11.1 Å². The Kier molecular flexibility index (Phi) is 5.71. The number of aromatic nitrogens is 2. The highest BCUT2D eigenvalue weighted by Crippen LogP contribution is 2.24. The third-order valence-corrected chi connectivity index (χ3v) is 5.01. The SMILES string of the molecule is N#C/C(=C/c1ccc(OCc2ccc(Cl)cc2Cl)cc1)c1nc2ccc(F)cc2[nH]1. The number of benzene rings is 3. The van der Waals surface area contributed by atoms with Crippen LogP contribution < -0.4 is 4.74 Å². The smallest absolute Gasteiger partial charge is 0.149 e. The maximum atomic E-state index is 13.4. The minimum atomic E-state index is -0.365. The van der Waals surface area contributed by atoms with Gasteiger partial charge >= 0.3 is 0 Å². The molecule has 0 saturated carbocycles. The second-order valence-electron chi connectivity index (χ2n) is 6.51. The van der Waals surface area contributed by atoms with E-state index in [2.05, 4.69) is 16.0 Å². The molecule has 30 heavy (non-hydrogen) atoms. The third-order valence-electron chi connectivity index (χ3n) is 4.42. The molecule has 0 amide bonds. The molecule has 4 aromatic rings. The zero-order chi connectivity index (χ0) is 21.1. The first-order valence-corrected chi connectivity index (χ1v) is 9.71. The van der Waals surface area contributed by atoms with Gasteiger partial charge in [0, 0.05) is 15.6 Å². The van der Waals surface area contributed by atoms with E-state index in [-0.39, 0.29) is 5.82 Å². The summed E-state index contributed by atoms with van der Waals surface area (Å²) in [6.45, 7) is 0.310. The van der Waals surface area contributed by atoms with Crippen molar-refractivity contribution in [2.24, 2.45) is 0 Å². The lowest BCUT2D eigenvalue weighted by molar-refractivity contribution is 0.306. The summed E-state index contributed by atoms with van der Waals surface area (Å²) in [4.78, 5) is 7.33. The topological polar surface area (TPSA) is 61.7 Å². The lowest BCUT2D eigenvalue weighted by Crippen LogP contribution is -1.96. The first-order valence-electron chi connectivity index (χ1n) is 8.96. The Bertz CT molecular complexity index is 1290. The molecule has 0 aliphatic rings. The summed E-state index contributed by atoms with van der Waals surface area (Å²) in [5, 5.41) is 10.7. The highest BCUT2D eigenvalue weighted by molar-refractivity contribution is 6.35. The summed E-state index contributed by atoms with van der Waals surface area (Å²) in [5.41, 5.74) is 3.11. The molecule has 0 aliphatic heterocycles. The van der Waals surface area contributed by atoms with Gasteiger partial charge < -0.3 is 9.72 Å². The lowest BCUT2D eigenvalue weighted by Gasteiger charge is -2.08. The second kappa shape index (κ2) is 8.58. The zero-order valence-electron chi connectivity index (χ0n) is 15.5. The molecule has 148 valence electrons. The first-order chi connectivity index (χ1) is 14.5. The normalized spacial score (nSPS) is 11.5. The van der Waals surface area contributed by atoms with Crippen molar-refractivity contribution in [1.82, 2.24) is 9.97 Å². The maximum absolute atomic E-state index is 13.4. The predicted octanol–water partition coefficient (Wildman–Crippen LogP) is 6.65. The van der Waals surface area contributed by atoms with Gasteiger partial charge in [-0.2, -0.15) is 5.26 Å². The number of fused-ring (bicyclic) bond motifs is 1. The van der Waals surface area contributed by atoms with Crippen molar-refractivity contribution >= 4 is 45.9 Å². The number of allylic oxidation sites excluding steroid dienone is 1. The summed E-state index contributed by atoms with van der Waals surface area (Å²) < 4.78 is 19.1. The summed E-state index contributed by atoms with van der Waals surface area (Å²) in [5.74, 6) is 0.683. The van der Waals surface area contributed by atoms with Crippen molar-refractivity contribution in [3.05, 3.63) is 93.5 Å². The van der Waals surface area contributed by atoms with E-state index in [1.807, 2.05) is 18.2 Å². The Morgan fingerprint density at radius 1 is 1.10 bits per heavy atom. The molecule has 7 heteroatoms. The minimum absolute atomic E-state index is 0.310. The third kappa shape index (κ3) is 4.46. The molecule has 0 aliphatic carbocycles. The van der Waals surface area contributed by atoms with E-state index in [1.54, 1.807) is 36.4 Å². The maximum Gasteiger partial charge on any atom is 0.149 e. The minimum Gasteiger partial charge on any atom is -0.489 e. The van der Waals surface area contributed by atoms with Gasteiger partial charge in [0.25, 0.3) is 0 Å². The van der Waals surface area contributed by atoms with Gasteiger partial charge in [-0.3, -0.25) is 0 Å². The van der Waals surface area contributed by atoms with E-state index in [4.69, 9.17) is 27.9 Å². The van der Waals surface area contributed by atoms with Crippen molar-refractivity contribution < 1.29 is 9.13 Å². The van der Waals surface area contributed by atoms with Crippen molar-refractivity contribution in [1.29, 1.82) is 5.26 Å². The average Bonchev–Trinajstić information content (AvgIpc) is 3.15. The van der Waals surface area contributed by atoms with Crippen molar-refractivity contribution in [2.75, 3.05) is 0 Å². The number of nitrogens with zero attached hydrogens (tertiary/aromatic N) is 2. The van der Waals surface area contributed by atoms with Gasteiger partial charge in [-0.1, -0.05) is 41.4 Å². The number of aromatic amines is 1. The number of nitriles is 1. The number of hydrogen-bond acceptors (Lipinski definition) is 3. The van der Waals surface area contributed by atoms with Gasteiger partial charge in [-0.25, -0.2) is 9.37 Å². The summed E-state index contributed by atoms with van der Waals surface area (Å²) in [7, 11) is 0. The van der Waals surface area contributed by atoms with Crippen LogP contribution in [0.15, 0.2) is 60.7 Å². The fraction of sp³-hybridized carbons (Fsp3) is 0.0435. The lowest BCUT2D eigenvalue weighted by atomic mass is 10.1. The second-order valence-corrected chi connectivity index (χ2v) is 7.35. The molecule has 0 unspecified atom stereocenters. The van der Waals surface area contributed by atoms with Crippen LogP contribution in [0.25, 0.3) is 22.7 Å². The highest BCUT2D eigenvalue weighted by Gasteiger charge is 2.09. The average molecular weight is 438 g/mol. The van der Waals surface area contributed by atoms with Gasteiger partial charge in [0.2, 0.25) is 0 Å². The Morgan fingerprint density at radius 3 is 2.63 bits per heavy atom. The van der Waals surface area contributed by atoms with Crippen LogP contribution in [0, 0.1) is 17.1 Å². The van der Waals surface area contributed by atoms with Crippen LogP contribution in [0.1, 0.15) is 17.0 Å². The molecule has 0 spiro atoms. The first kappa shape index (κ1) is 20.0. The zero-order valence-corrected chi connectivity index (χ0v) is 17.0. The Balaban J connectivity index is 1.50. The van der Waals surface area contributed by atoms with Gasteiger partial charge in [0.15, 0.2) is 0 Å². The molecule has 4 rings (SSSR count). The van der Waals surface area contributed by atoms with Crippen LogP contribution in [-0.2, 0) is 6.61 Å². The van der Waals surface area contributed by atoms with Crippen molar-refractivity contribution in [3.63, 3.8) is 0 Å². The number of halogens is 3. The van der Waals surface area contributed by atoms with E-state index < -0.39 is 0 Å². The molecule has 1 heterocycles. The number of ether oxygens (including phenoxy) is 1. The van der Waals surface area contributed by atoms with Crippen LogP contribution >= 0.6 is 23.2 Å². The standard InChI is InChI=1S/C23H14Cl2FN3O/c24-17-4-3-15(20(25)10-17)13-30-19-6-1-14(2-7-19)9-16(12-27)23-28-21-8-5-18(26)11-22(21)29-23/h1-11H,13H2,(H,28,29)/b16-9-. The molecule has 0 saturated heterocycles. The quantitative estimate of drug-likeness (QED) is 0.355. The molecule has 0 radical (unpaired) electrons. The monoisotopic (exact) mass is 437 g/mol. The number of hydrogen-bond donors (Lipinski definition) is 1. The number of rotatable bonds is 5. The van der Waals surface area contributed by atoms with Crippen LogP contribution in [0.5, 0.6) is 5.75 Å². The molecule has 4 nitrogen and oxygen atoms in total. The van der Waals surface area contributed by atoms with E-state index in [1.165, 1.54) is 12.1 Å².